The lowest BCUT2D eigenvalue weighted by Crippen LogP contribution is -2.41. The normalized spacial score (nSPS) is 22.6. The fraction of sp³-hybridized carbons (Fsp3) is 0.875. The average molecular weight is 429 g/mol. The molecule has 0 aromatic carbocycles. The smallest absolute Gasteiger partial charge is 0.305 e. The third-order valence-electron chi connectivity index (χ3n) is 5.63. The Bertz CT molecular complexity index is 453. The summed E-state index contributed by atoms with van der Waals surface area (Å²) in [4.78, 5) is 11.7. The van der Waals surface area contributed by atoms with Crippen molar-refractivity contribution in [3.8, 4) is 0 Å². The predicted molar refractivity (Wildman–Crippen MR) is 118 cm³/mol. The molecule has 0 aromatic heterocycles. The monoisotopic (exact) mass is 428 g/mol. The summed E-state index contributed by atoms with van der Waals surface area (Å²) in [6.45, 7) is 2.00. The Morgan fingerprint density at radius 2 is 1.53 bits per heavy atom. The molecule has 0 radical (unpaired) electrons. The van der Waals surface area contributed by atoms with Gasteiger partial charge >= 0.3 is 5.97 Å². The van der Waals surface area contributed by atoms with Crippen LogP contribution in [0, 0.1) is 0 Å². The second kappa shape index (κ2) is 17.7. The Labute approximate surface area is 182 Å². The number of rotatable bonds is 18. The summed E-state index contributed by atoms with van der Waals surface area (Å²) in [6.07, 6.45) is 16.5. The van der Waals surface area contributed by atoms with Gasteiger partial charge < -0.3 is 24.8 Å². The molecule has 6 nitrogen and oxygen atoms in total. The topological polar surface area (TPSA) is 96.2 Å². The first-order valence-electron chi connectivity index (χ1n) is 12.0. The summed E-state index contributed by atoms with van der Waals surface area (Å²) in [5, 5.41) is 29.0. The second-order valence-corrected chi connectivity index (χ2v) is 8.44. The minimum absolute atomic E-state index is 0.0221. The Morgan fingerprint density at radius 3 is 2.10 bits per heavy atom. The maximum atomic E-state index is 11.7. The van der Waals surface area contributed by atoms with Crippen LogP contribution >= 0.6 is 0 Å². The van der Waals surface area contributed by atoms with Crippen molar-refractivity contribution in [2.24, 2.45) is 0 Å². The van der Waals surface area contributed by atoms with E-state index in [-0.39, 0.29) is 19.2 Å². The van der Waals surface area contributed by atoms with Gasteiger partial charge in [0.05, 0.1) is 6.61 Å². The molecule has 6 heteroatoms. The molecule has 0 spiro atoms. The van der Waals surface area contributed by atoms with Crippen LogP contribution in [0.4, 0.5) is 0 Å². The van der Waals surface area contributed by atoms with E-state index in [0.29, 0.717) is 6.42 Å². The highest BCUT2D eigenvalue weighted by Crippen LogP contribution is 2.18. The summed E-state index contributed by atoms with van der Waals surface area (Å²) in [7, 11) is 0. The van der Waals surface area contributed by atoms with Gasteiger partial charge in [0.25, 0.3) is 0 Å². The zero-order chi connectivity index (χ0) is 22.0. The van der Waals surface area contributed by atoms with Gasteiger partial charge in [-0.1, -0.05) is 70.4 Å². The van der Waals surface area contributed by atoms with E-state index < -0.39 is 24.4 Å². The third-order valence-corrected chi connectivity index (χ3v) is 5.63. The fourth-order valence-electron chi connectivity index (χ4n) is 3.65. The highest BCUT2D eigenvalue weighted by Gasteiger charge is 2.39. The maximum Gasteiger partial charge on any atom is 0.305 e. The lowest BCUT2D eigenvalue weighted by Gasteiger charge is -2.20. The molecule has 3 N–H and O–H groups in total. The number of unbranched alkanes of at least 4 members (excludes halogenated alkanes) is 11. The van der Waals surface area contributed by atoms with E-state index in [9.17, 15) is 20.1 Å². The molecule has 0 saturated carbocycles. The quantitative estimate of drug-likeness (QED) is 0.173. The lowest BCUT2D eigenvalue weighted by atomic mass is 10.1. The van der Waals surface area contributed by atoms with E-state index in [0.717, 1.165) is 25.7 Å². The van der Waals surface area contributed by atoms with Crippen LogP contribution in [0.25, 0.3) is 0 Å². The van der Waals surface area contributed by atoms with E-state index >= 15 is 0 Å². The minimum atomic E-state index is -1.15. The van der Waals surface area contributed by atoms with Crippen LogP contribution in [0.3, 0.4) is 0 Å². The first-order valence-corrected chi connectivity index (χ1v) is 12.0. The number of hydrogen-bond donors (Lipinski definition) is 3. The third kappa shape index (κ3) is 12.7. The standard InChI is InChI=1S/C24H44O6/c1-2-3-4-5-6-7-8-9-10-11-12-13-14-15-16-17-22(27)29-19-21(26)24-23(28)20(25)18-30-24/h9-10,20-21,23-26,28H,2-8,11-19H2,1H3/b10-9+/t20-,21-,23+,24?/m0/s1. The number of ether oxygens (including phenoxy) is 2. The van der Waals surface area contributed by atoms with Crippen LogP contribution in [-0.2, 0) is 14.3 Å². The van der Waals surface area contributed by atoms with Crippen LogP contribution in [0.15, 0.2) is 12.2 Å². The molecular formula is C24H44O6. The second-order valence-electron chi connectivity index (χ2n) is 8.44. The van der Waals surface area contributed by atoms with Gasteiger partial charge in [-0.15, -0.1) is 0 Å². The predicted octanol–water partition coefficient (Wildman–Crippen LogP) is 4.05. The molecule has 1 heterocycles. The lowest BCUT2D eigenvalue weighted by molar-refractivity contribution is -0.151. The molecule has 30 heavy (non-hydrogen) atoms. The van der Waals surface area contributed by atoms with Gasteiger partial charge in [-0.05, 0) is 32.1 Å². The van der Waals surface area contributed by atoms with Crippen molar-refractivity contribution in [2.45, 2.75) is 121 Å². The molecule has 0 bridgehead atoms. The molecule has 0 aromatic rings. The zero-order valence-corrected chi connectivity index (χ0v) is 18.8. The maximum absolute atomic E-state index is 11.7. The van der Waals surface area contributed by atoms with Gasteiger partial charge in [-0.2, -0.15) is 0 Å². The summed E-state index contributed by atoms with van der Waals surface area (Å²) in [6, 6.07) is 0. The molecule has 4 atom stereocenters. The van der Waals surface area contributed by atoms with Gasteiger partial charge in [-0.3, -0.25) is 4.79 Å². The van der Waals surface area contributed by atoms with Crippen molar-refractivity contribution in [3.63, 3.8) is 0 Å². The summed E-state index contributed by atoms with van der Waals surface area (Å²) in [5.74, 6) is -0.347. The van der Waals surface area contributed by atoms with Crippen LogP contribution in [0.5, 0.6) is 0 Å². The zero-order valence-electron chi connectivity index (χ0n) is 18.8. The van der Waals surface area contributed by atoms with Gasteiger partial charge in [0.1, 0.15) is 31.0 Å². The Kier molecular flexibility index (Phi) is 16.0. The molecular weight excluding hydrogens is 384 g/mol. The molecule has 176 valence electrons. The van der Waals surface area contributed by atoms with Gasteiger partial charge in [0.2, 0.25) is 0 Å². The summed E-state index contributed by atoms with van der Waals surface area (Å²) < 4.78 is 10.2. The average Bonchev–Trinajstić information content (AvgIpc) is 3.07. The first-order chi connectivity index (χ1) is 14.6. The highest BCUT2D eigenvalue weighted by molar-refractivity contribution is 5.69. The highest BCUT2D eigenvalue weighted by atomic mass is 16.6. The summed E-state index contributed by atoms with van der Waals surface area (Å²) in [5.41, 5.74) is 0. The molecule has 1 rings (SSSR count). The minimum Gasteiger partial charge on any atom is -0.463 e. The van der Waals surface area contributed by atoms with E-state index in [4.69, 9.17) is 9.47 Å². The fourth-order valence-corrected chi connectivity index (χ4v) is 3.65. The number of allylic oxidation sites excluding steroid dienone is 2. The number of hydrogen-bond acceptors (Lipinski definition) is 6. The van der Waals surface area contributed by atoms with E-state index in [1.165, 1.54) is 57.8 Å². The SMILES string of the molecule is CCCCCCCC/C=C/CCCCCCCC(=O)OC[C@H](O)C1OC[C@H](O)[C@H]1O. The van der Waals surface area contributed by atoms with E-state index in [1.807, 2.05) is 0 Å². The number of carbonyl (C=O) groups excluding carboxylic acids is 1. The van der Waals surface area contributed by atoms with Crippen molar-refractivity contribution in [3.05, 3.63) is 12.2 Å². The van der Waals surface area contributed by atoms with Crippen molar-refractivity contribution < 1.29 is 29.6 Å². The van der Waals surface area contributed by atoms with Crippen LogP contribution < -0.4 is 0 Å². The molecule has 0 aliphatic carbocycles. The van der Waals surface area contributed by atoms with Crippen LogP contribution in [0.1, 0.15) is 96.8 Å². The van der Waals surface area contributed by atoms with E-state index in [1.54, 1.807) is 0 Å². The molecule has 1 fully saturated rings. The van der Waals surface area contributed by atoms with E-state index in [2.05, 4.69) is 19.1 Å². The Hall–Kier alpha value is -0.950. The van der Waals surface area contributed by atoms with Crippen molar-refractivity contribution in [2.75, 3.05) is 13.2 Å². The number of aliphatic hydroxyl groups is 3. The van der Waals surface area contributed by atoms with Crippen LogP contribution in [-0.4, -0.2) is 58.9 Å². The Balaban J connectivity index is 1.87. The molecule has 1 aliphatic rings. The molecule has 1 aliphatic heterocycles. The van der Waals surface area contributed by atoms with Gasteiger partial charge in [0.15, 0.2) is 0 Å². The number of aliphatic hydroxyl groups excluding tert-OH is 3. The molecule has 0 amide bonds. The van der Waals surface area contributed by atoms with Gasteiger partial charge in [0, 0.05) is 6.42 Å². The van der Waals surface area contributed by atoms with Crippen molar-refractivity contribution >= 4 is 5.97 Å². The van der Waals surface area contributed by atoms with Crippen molar-refractivity contribution in [1.82, 2.24) is 0 Å². The largest absolute Gasteiger partial charge is 0.463 e. The summed E-state index contributed by atoms with van der Waals surface area (Å²) >= 11 is 0. The first kappa shape index (κ1) is 27.1. The number of esters is 1. The van der Waals surface area contributed by atoms with Crippen LogP contribution in [0.2, 0.25) is 0 Å². The number of carbonyl (C=O) groups is 1. The molecule has 1 saturated heterocycles. The van der Waals surface area contributed by atoms with Crippen molar-refractivity contribution in [1.29, 1.82) is 0 Å². The Morgan fingerprint density at radius 1 is 0.967 bits per heavy atom. The van der Waals surface area contributed by atoms with Gasteiger partial charge in [-0.25, -0.2) is 0 Å². The molecule has 1 unspecified atom stereocenters.